The van der Waals surface area contributed by atoms with Gasteiger partial charge < -0.3 is 14.8 Å². The maximum Gasteiger partial charge on any atom is 0.226 e. The van der Waals surface area contributed by atoms with Crippen molar-refractivity contribution in [2.45, 2.75) is 19.3 Å². The van der Waals surface area contributed by atoms with Crippen LogP contribution < -0.4 is 14.8 Å². The first-order valence-electron chi connectivity index (χ1n) is 8.78. The van der Waals surface area contributed by atoms with Crippen molar-refractivity contribution in [3.8, 4) is 17.2 Å². The van der Waals surface area contributed by atoms with Gasteiger partial charge in [0.1, 0.15) is 5.82 Å². The van der Waals surface area contributed by atoms with Crippen LogP contribution in [0.1, 0.15) is 29.0 Å². The lowest BCUT2D eigenvalue weighted by molar-refractivity contribution is -0.116. The molecule has 3 aromatic rings. The van der Waals surface area contributed by atoms with Crippen LogP contribution in [0.4, 0.5) is 5.82 Å². The van der Waals surface area contributed by atoms with Crippen molar-refractivity contribution in [2.24, 2.45) is 0 Å². The Hall–Kier alpha value is -3.28. The number of benzene rings is 2. The Morgan fingerprint density at radius 3 is 2.63 bits per heavy atom. The first-order valence-corrected chi connectivity index (χ1v) is 8.78. The Morgan fingerprint density at radius 2 is 1.89 bits per heavy atom. The number of fused-ring (bicyclic) bond motifs is 1. The van der Waals surface area contributed by atoms with Crippen LogP contribution >= 0.6 is 0 Å². The number of carbonyl (C=O) groups excluding carboxylic acids is 1. The number of hydrogen-bond donors (Lipinski definition) is 1. The average Bonchev–Trinajstić information content (AvgIpc) is 3.10. The number of methoxy groups -OCH3 is 2. The maximum atomic E-state index is 12.4. The number of anilines is 1. The smallest absolute Gasteiger partial charge is 0.226 e. The summed E-state index contributed by atoms with van der Waals surface area (Å²) in [6.07, 6.45) is 2.20. The highest BCUT2D eigenvalue weighted by Gasteiger charge is 2.31. The van der Waals surface area contributed by atoms with Crippen LogP contribution in [0.15, 0.2) is 48.7 Å². The molecule has 1 atom stereocenters. The summed E-state index contributed by atoms with van der Waals surface area (Å²) in [5.74, 6) is 1.91. The van der Waals surface area contributed by atoms with Gasteiger partial charge in [0.2, 0.25) is 5.91 Å². The molecule has 1 aliphatic rings. The zero-order chi connectivity index (χ0) is 19.0. The number of ether oxygens (including phenoxy) is 2. The lowest BCUT2D eigenvalue weighted by atomic mass is 9.87. The van der Waals surface area contributed by atoms with E-state index in [4.69, 9.17) is 9.47 Å². The molecule has 27 heavy (non-hydrogen) atoms. The van der Waals surface area contributed by atoms with Gasteiger partial charge in [0.25, 0.3) is 0 Å². The molecule has 6 heteroatoms. The summed E-state index contributed by atoms with van der Waals surface area (Å²) >= 11 is 0. The first-order chi connectivity index (χ1) is 13.1. The third-order valence-corrected chi connectivity index (χ3v) is 4.97. The van der Waals surface area contributed by atoms with E-state index in [1.54, 1.807) is 18.9 Å². The zero-order valence-electron chi connectivity index (χ0n) is 15.5. The fourth-order valence-corrected chi connectivity index (χ4v) is 3.57. The van der Waals surface area contributed by atoms with Crippen molar-refractivity contribution in [3.63, 3.8) is 0 Å². The van der Waals surface area contributed by atoms with Gasteiger partial charge in [-0.05, 0) is 36.2 Å². The highest BCUT2D eigenvalue weighted by molar-refractivity contribution is 5.94. The van der Waals surface area contributed by atoms with Crippen molar-refractivity contribution in [3.05, 3.63) is 65.4 Å². The standard InChI is InChI=1S/C21H21N3O3/c1-13-6-4-5-7-17(13)24-21-16(12-22-24)15(11-20(25)23-21)14-8-9-18(26-2)19(10-14)27-3/h4-10,12,15H,11H2,1-3H3,(H,23,25). The van der Waals surface area contributed by atoms with Crippen LogP contribution in [0.2, 0.25) is 0 Å². The fraction of sp³-hybridized carbons (Fsp3) is 0.238. The predicted octanol–water partition coefficient (Wildman–Crippen LogP) is 3.67. The van der Waals surface area contributed by atoms with Gasteiger partial charge in [-0.2, -0.15) is 5.10 Å². The highest BCUT2D eigenvalue weighted by Crippen LogP contribution is 2.40. The van der Waals surface area contributed by atoms with Gasteiger partial charge in [-0.15, -0.1) is 0 Å². The Balaban J connectivity index is 1.81. The van der Waals surface area contributed by atoms with E-state index in [-0.39, 0.29) is 11.8 Å². The molecule has 2 heterocycles. The van der Waals surface area contributed by atoms with Gasteiger partial charge in [-0.25, -0.2) is 4.68 Å². The molecule has 4 rings (SSSR count). The Kier molecular flexibility index (Phi) is 4.32. The Labute approximate surface area is 157 Å². The third kappa shape index (κ3) is 2.93. The van der Waals surface area contributed by atoms with E-state index >= 15 is 0 Å². The van der Waals surface area contributed by atoms with Gasteiger partial charge >= 0.3 is 0 Å². The number of rotatable bonds is 4. The van der Waals surface area contributed by atoms with E-state index in [0.29, 0.717) is 17.9 Å². The largest absolute Gasteiger partial charge is 0.493 e. The Bertz CT molecular complexity index is 1010. The van der Waals surface area contributed by atoms with Crippen molar-refractivity contribution < 1.29 is 14.3 Å². The average molecular weight is 363 g/mol. The minimum absolute atomic E-state index is 0.0300. The van der Waals surface area contributed by atoms with Crippen LogP contribution in [0.5, 0.6) is 11.5 Å². The number of carbonyl (C=O) groups is 1. The van der Waals surface area contributed by atoms with Gasteiger partial charge in [0, 0.05) is 17.9 Å². The quantitative estimate of drug-likeness (QED) is 0.768. The molecule has 1 unspecified atom stereocenters. The number of hydrogen-bond acceptors (Lipinski definition) is 4. The van der Waals surface area contributed by atoms with E-state index in [1.165, 1.54) is 0 Å². The van der Waals surface area contributed by atoms with Crippen molar-refractivity contribution >= 4 is 11.7 Å². The predicted molar refractivity (Wildman–Crippen MR) is 103 cm³/mol. The van der Waals surface area contributed by atoms with Crippen LogP contribution in [-0.2, 0) is 4.79 Å². The molecule has 0 saturated heterocycles. The molecule has 0 aliphatic carbocycles. The van der Waals surface area contributed by atoms with Crippen LogP contribution in [-0.4, -0.2) is 29.9 Å². The zero-order valence-corrected chi connectivity index (χ0v) is 15.5. The lowest BCUT2D eigenvalue weighted by Gasteiger charge is -2.24. The molecular formula is C21H21N3O3. The minimum atomic E-state index is -0.0914. The van der Waals surface area contributed by atoms with E-state index in [9.17, 15) is 4.79 Å². The van der Waals surface area contributed by atoms with Gasteiger partial charge in [0.15, 0.2) is 11.5 Å². The van der Waals surface area contributed by atoms with Gasteiger partial charge in [-0.3, -0.25) is 4.79 Å². The van der Waals surface area contributed by atoms with Crippen molar-refractivity contribution in [1.29, 1.82) is 0 Å². The molecule has 6 nitrogen and oxygen atoms in total. The van der Waals surface area contributed by atoms with Crippen LogP contribution in [0.3, 0.4) is 0 Å². The summed E-state index contributed by atoms with van der Waals surface area (Å²) in [7, 11) is 3.22. The summed E-state index contributed by atoms with van der Waals surface area (Å²) in [5.41, 5.74) is 4.02. The summed E-state index contributed by atoms with van der Waals surface area (Å²) in [6, 6.07) is 13.7. The van der Waals surface area contributed by atoms with Crippen LogP contribution in [0, 0.1) is 6.92 Å². The minimum Gasteiger partial charge on any atom is -0.493 e. The monoisotopic (exact) mass is 363 g/mol. The Morgan fingerprint density at radius 1 is 1.11 bits per heavy atom. The van der Waals surface area contributed by atoms with E-state index in [2.05, 4.69) is 10.4 Å². The first kappa shape index (κ1) is 17.1. The SMILES string of the molecule is COc1ccc(C2CC(=O)Nc3c2cnn3-c2ccccc2C)cc1OC. The molecule has 0 saturated carbocycles. The normalized spacial score (nSPS) is 15.8. The van der Waals surface area contributed by atoms with E-state index in [0.717, 1.165) is 28.2 Å². The third-order valence-electron chi connectivity index (χ3n) is 4.97. The second-order valence-electron chi connectivity index (χ2n) is 6.57. The highest BCUT2D eigenvalue weighted by atomic mass is 16.5. The number of nitrogens with one attached hydrogen (secondary N) is 1. The maximum absolute atomic E-state index is 12.4. The molecule has 1 aromatic heterocycles. The molecule has 0 spiro atoms. The molecule has 0 fully saturated rings. The number of aryl methyl sites for hydroxylation is 1. The van der Waals surface area contributed by atoms with Crippen molar-refractivity contribution in [1.82, 2.24) is 9.78 Å². The number of aromatic nitrogens is 2. The van der Waals surface area contributed by atoms with Gasteiger partial charge in [0.05, 0.1) is 26.1 Å². The molecule has 0 bridgehead atoms. The summed E-state index contributed by atoms with van der Waals surface area (Å²) in [4.78, 5) is 12.4. The topological polar surface area (TPSA) is 65.4 Å². The molecule has 138 valence electrons. The number of para-hydroxylation sites is 1. The summed E-state index contributed by atoms with van der Waals surface area (Å²) < 4.78 is 12.6. The summed E-state index contributed by atoms with van der Waals surface area (Å²) in [6.45, 7) is 2.03. The molecule has 1 aliphatic heterocycles. The lowest BCUT2D eigenvalue weighted by Crippen LogP contribution is -2.24. The second-order valence-corrected chi connectivity index (χ2v) is 6.57. The molecule has 1 N–H and O–H groups in total. The van der Waals surface area contributed by atoms with E-state index in [1.807, 2.05) is 55.6 Å². The molecule has 2 aromatic carbocycles. The summed E-state index contributed by atoms with van der Waals surface area (Å²) in [5, 5.41) is 7.55. The number of nitrogens with zero attached hydrogens (tertiary/aromatic N) is 2. The second kappa shape index (κ2) is 6.79. The number of amides is 1. The van der Waals surface area contributed by atoms with Crippen LogP contribution in [0.25, 0.3) is 5.69 Å². The molecule has 0 radical (unpaired) electrons. The van der Waals surface area contributed by atoms with Gasteiger partial charge in [-0.1, -0.05) is 24.3 Å². The fourth-order valence-electron chi connectivity index (χ4n) is 3.57. The molecular weight excluding hydrogens is 342 g/mol. The van der Waals surface area contributed by atoms with E-state index < -0.39 is 0 Å². The molecule has 1 amide bonds. The van der Waals surface area contributed by atoms with Crippen molar-refractivity contribution in [2.75, 3.05) is 19.5 Å².